The van der Waals surface area contributed by atoms with E-state index < -0.39 is 12.1 Å². The quantitative estimate of drug-likeness (QED) is 0.814. The highest BCUT2D eigenvalue weighted by molar-refractivity contribution is 5.84. The normalized spacial score (nSPS) is 12.9. The number of hydrogen-bond donors (Lipinski definition) is 2. The second kappa shape index (κ2) is 3.98. The summed E-state index contributed by atoms with van der Waals surface area (Å²) in [5, 5.41) is 19.0. The van der Waals surface area contributed by atoms with Gasteiger partial charge in [0, 0.05) is 30.6 Å². The van der Waals surface area contributed by atoms with Gasteiger partial charge >= 0.3 is 5.97 Å². The van der Waals surface area contributed by atoms with Gasteiger partial charge in [-0.3, -0.25) is 0 Å². The van der Waals surface area contributed by atoms with Crippen LogP contribution in [-0.2, 0) is 18.3 Å². The largest absolute Gasteiger partial charge is 0.479 e. The monoisotopic (exact) mass is 219 g/mol. The van der Waals surface area contributed by atoms with Crippen molar-refractivity contribution >= 4 is 16.9 Å². The van der Waals surface area contributed by atoms with Crippen molar-refractivity contribution in [3.05, 3.63) is 36.0 Å². The molecule has 4 nitrogen and oxygen atoms in total. The minimum Gasteiger partial charge on any atom is -0.479 e. The summed E-state index contributed by atoms with van der Waals surface area (Å²) in [4.78, 5) is 10.6. The van der Waals surface area contributed by atoms with Gasteiger partial charge < -0.3 is 14.8 Å². The number of aliphatic hydroxyl groups excluding tert-OH is 1. The summed E-state index contributed by atoms with van der Waals surface area (Å²) in [7, 11) is 1.90. The lowest BCUT2D eigenvalue weighted by Crippen LogP contribution is -2.21. The van der Waals surface area contributed by atoms with Crippen LogP contribution in [0.5, 0.6) is 0 Å². The summed E-state index contributed by atoms with van der Waals surface area (Å²) in [5.41, 5.74) is 1.89. The zero-order valence-corrected chi connectivity index (χ0v) is 8.92. The van der Waals surface area contributed by atoms with Crippen LogP contribution in [0, 0.1) is 0 Å². The van der Waals surface area contributed by atoms with Gasteiger partial charge in [-0.15, -0.1) is 0 Å². The van der Waals surface area contributed by atoms with Gasteiger partial charge in [0.2, 0.25) is 0 Å². The minimum atomic E-state index is -1.34. The van der Waals surface area contributed by atoms with Crippen molar-refractivity contribution in [1.29, 1.82) is 0 Å². The number of aliphatic carboxylic acids is 1. The molecule has 0 fully saturated rings. The topological polar surface area (TPSA) is 62.5 Å². The second-order valence-corrected chi connectivity index (χ2v) is 3.84. The maximum atomic E-state index is 10.6. The van der Waals surface area contributed by atoms with Crippen LogP contribution in [0.1, 0.15) is 5.56 Å². The lowest BCUT2D eigenvalue weighted by Gasteiger charge is -2.03. The van der Waals surface area contributed by atoms with Crippen molar-refractivity contribution in [2.75, 3.05) is 0 Å². The summed E-state index contributed by atoms with van der Waals surface area (Å²) < 4.78 is 1.93. The molecule has 0 aliphatic heterocycles. The van der Waals surface area contributed by atoms with Crippen LogP contribution >= 0.6 is 0 Å². The van der Waals surface area contributed by atoms with E-state index in [1.54, 1.807) is 0 Å². The number of fused-ring (bicyclic) bond motifs is 1. The van der Waals surface area contributed by atoms with Crippen LogP contribution in [0.4, 0.5) is 0 Å². The fraction of sp³-hybridized carbons (Fsp3) is 0.250. The van der Waals surface area contributed by atoms with Crippen LogP contribution < -0.4 is 0 Å². The van der Waals surface area contributed by atoms with Gasteiger partial charge in [0.05, 0.1) is 0 Å². The number of carbonyl (C=O) groups is 1. The number of benzene rings is 1. The number of carboxylic acid groups (broad SMARTS) is 1. The fourth-order valence-corrected chi connectivity index (χ4v) is 1.88. The van der Waals surface area contributed by atoms with Gasteiger partial charge in [-0.1, -0.05) is 18.2 Å². The van der Waals surface area contributed by atoms with Crippen molar-refractivity contribution in [1.82, 2.24) is 4.57 Å². The Bertz CT molecular complexity index is 530. The van der Waals surface area contributed by atoms with Crippen molar-refractivity contribution in [3.8, 4) is 0 Å². The molecule has 0 amide bonds. The Hall–Kier alpha value is -1.81. The molecule has 0 unspecified atom stereocenters. The Morgan fingerprint density at radius 2 is 2.12 bits per heavy atom. The molecule has 2 N–H and O–H groups in total. The number of para-hydroxylation sites is 1. The third-order valence-corrected chi connectivity index (χ3v) is 2.68. The van der Waals surface area contributed by atoms with E-state index in [2.05, 4.69) is 0 Å². The second-order valence-electron chi connectivity index (χ2n) is 3.84. The van der Waals surface area contributed by atoms with E-state index in [4.69, 9.17) is 5.11 Å². The number of nitrogens with zero attached hydrogens (tertiary/aromatic N) is 1. The molecule has 16 heavy (non-hydrogen) atoms. The molecule has 2 aromatic rings. The Morgan fingerprint density at radius 1 is 1.44 bits per heavy atom. The molecule has 0 radical (unpaired) electrons. The Kier molecular flexibility index (Phi) is 2.66. The molecule has 0 bridgehead atoms. The van der Waals surface area contributed by atoms with Crippen LogP contribution in [0.25, 0.3) is 10.9 Å². The highest BCUT2D eigenvalue weighted by Gasteiger charge is 2.16. The molecule has 1 atom stereocenters. The first kappa shape index (κ1) is 10.7. The summed E-state index contributed by atoms with van der Waals surface area (Å²) in [6, 6.07) is 7.73. The lowest BCUT2D eigenvalue weighted by molar-refractivity contribution is -0.146. The first-order valence-corrected chi connectivity index (χ1v) is 5.03. The fourth-order valence-electron chi connectivity index (χ4n) is 1.88. The van der Waals surface area contributed by atoms with Gasteiger partial charge in [0.1, 0.15) is 0 Å². The molecular weight excluding hydrogens is 206 g/mol. The molecule has 1 aromatic heterocycles. The highest BCUT2D eigenvalue weighted by atomic mass is 16.4. The van der Waals surface area contributed by atoms with Crippen molar-refractivity contribution < 1.29 is 15.0 Å². The Labute approximate surface area is 92.7 Å². The van der Waals surface area contributed by atoms with Crippen LogP contribution in [-0.4, -0.2) is 26.9 Å². The van der Waals surface area contributed by atoms with Crippen molar-refractivity contribution in [3.63, 3.8) is 0 Å². The third kappa shape index (κ3) is 1.79. The summed E-state index contributed by atoms with van der Waals surface area (Å²) in [5.74, 6) is -1.19. The summed E-state index contributed by atoms with van der Waals surface area (Å²) >= 11 is 0. The lowest BCUT2D eigenvalue weighted by atomic mass is 10.1. The maximum Gasteiger partial charge on any atom is 0.332 e. The van der Waals surface area contributed by atoms with Crippen LogP contribution in [0.2, 0.25) is 0 Å². The van der Waals surface area contributed by atoms with Crippen molar-refractivity contribution in [2.45, 2.75) is 12.5 Å². The molecule has 84 valence electrons. The standard InChI is InChI=1S/C12H13NO3/c1-13-7-8(6-11(14)12(15)16)9-4-2-3-5-10(9)13/h2-5,7,11,14H,6H2,1H3,(H,15,16)/t11-/m1/s1. The Balaban J connectivity index is 2.42. The molecule has 0 aliphatic carbocycles. The average molecular weight is 219 g/mol. The number of hydrogen-bond acceptors (Lipinski definition) is 2. The summed E-state index contributed by atoms with van der Waals surface area (Å²) in [6.45, 7) is 0. The number of aliphatic hydroxyl groups is 1. The molecule has 1 aromatic carbocycles. The van der Waals surface area contributed by atoms with E-state index in [-0.39, 0.29) is 6.42 Å². The average Bonchev–Trinajstić information content (AvgIpc) is 2.57. The molecule has 0 saturated carbocycles. The molecule has 0 saturated heterocycles. The van der Waals surface area contributed by atoms with Crippen molar-refractivity contribution in [2.24, 2.45) is 7.05 Å². The summed E-state index contributed by atoms with van der Waals surface area (Å²) in [6.07, 6.45) is 0.652. The molecule has 2 rings (SSSR count). The van der Waals surface area contributed by atoms with E-state index in [1.165, 1.54) is 0 Å². The van der Waals surface area contributed by atoms with Crippen LogP contribution in [0.3, 0.4) is 0 Å². The molecule has 0 aliphatic rings. The van der Waals surface area contributed by atoms with Gasteiger partial charge in [-0.05, 0) is 11.6 Å². The third-order valence-electron chi connectivity index (χ3n) is 2.68. The predicted octanol–water partition coefficient (Wildman–Crippen LogP) is 1.17. The number of rotatable bonds is 3. The molecule has 0 spiro atoms. The number of aromatic nitrogens is 1. The van der Waals surface area contributed by atoms with Gasteiger partial charge in [0.15, 0.2) is 6.10 Å². The van der Waals surface area contributed by atoms with Gasteiger partial charge in [-0.25, -0.2) is 4.79 Å². The maximum absolute atomic E-state index is 10.6. The molecule has 1 heterocycles. The molecule has 4 heteroatoms. The minimum absolute atomic E-state index is 0.136. The van der Waals surface area contributed by atoms with E-state index in [0.29, 0.717) is 0 Å². The van der Waals surface area contributed by atoms with Crippen LogP contribution in [0.15, 0.2) is 30.5 Å². The Morgan fingerprint density at radius 3 is 2.81 bits per heavy atom. The molecular formula is C12H13NO3. The van der Waals surface area contributed by atoms with E-state index in [0.717, 1.165) is 16.5 Å². The smallest absolute Gasteiger partial charge is 0.332 e. The zero-order chi connectivity index (χ0) is 11.7. The number of aryl methyl sites for hydroxylation is 1. The van der Waals surface area contributed by atoms with E-state index >= 15 is 0 Å². The van der Waals surface area contributed by atoms with Gasteiger partial charge in [-0.2, -0.15) is 0 Å². The zero-order valence-electron chi connectivity index (χ0n) is 8.92. The first-order chi connectivity index (χ1) is 7.59. The van der Waals surface area contributed by atoms with E-state index in [9.17, 15) is 9.90 Å². The highest BCUT2D eigenvalue weighted by Crippen LogP contribution is 2.21. The predicted molar refractivity (Wildman–Crippen MR) is 60.3 cm³/mol. The van der Waals surface area contributed by atoms with Gasteiger partial charge in [0.25, 0.3) is 0 Å². The number of carboxylic acids is 1. The SMILES string of the molecule is Cn1cc(C[C@@H](O)C(=O)O)c2ccccc21. The van der Waals surface area contributed by atoms with E-state index in [1.807, 2.05) is 42.1 Å². The first-order valence-electron chi connectivity index (χ1n) is 5.03.